The second-order valence-electron chi connectivity index (χ2n) is 4.71. The van der Waals surface area contributed by atoms with Gasteiger partial charge in [-0.05, 0) is 44.4 Å². The van der Waals surface area contributed by atoms with Crippen molar-refractivity contribution < 1.29 is 18.6 Å². The third-order valence-corrected chi connectivity index (χ3v) is 2.86. The molecule has 1 rings (SSSR count). The summed E-state index contributed by atoms with van der Waals surface area (Å²) in [7, 11) is 0. The van der Waals surface area contributed by atoms with Crippen molar-refractivity contribution >= 4 is 0 Å². The van der Waals surface area contributed by atoms with E-state index in [1.54, 1.807) is 24.3 Å². The van der Waals surface area contributed by atoms with Gasteiger partial charge in [-0.3, -0.25) is 0 Å². The minimum atomic E-state index is -2.78. The molecule has 0 aliphatic carbocycles. The van der Waals surface area contributed by atoms with Gasteiger partial charge in [0.15, 0.2) is 0 Å². The van der Waals surface area contributed by atoms with Gasteiger partial charge in [0, 0.05) is 12.1 Å². The zero-order valence-corrected chi connectivity index (χ0v) is 11.3. The summed E-state index contributed by atoms with van der Waals surface area (Å²) in [6, 6.07) is 7.06. The molecule has 108 valence electrons. The summed E-state index contributed by atoms with van der Waals surface area (Å²) in [5, 5.41) is 12.2. The Bertz CT molecular complexity index is 357. The summed E-state index contributed by atoms with van der Waals surface area (Å²) < 4.78 is 28.2. The monoisotopic (exact) mass is 273 g/mol. The minimum absolute atomic E-state index is 0.0804. The van der Waals surface area contributed by atoms with E-state index in [0.717, 1.165) is 18.4 Å². The van der Waals surface area contributed by atoms with Crippen molar-refractivity contribution in [1.29, 1.82) is 0 Å². The van der Waals surface area contributed by atoms with Crippen LogP contribution in [0, 0.1) is 0 Å². The molecule has 5 heteroatoms. The van der Waals surface area contributed by atoms with Crippen molar-refractivity contribution in [2.45, 2.75) is 45.4 Å². The number of aryl methyl sites for hydroxylation is 1. The molecule has 0 spiro atoms. The lowest BCUT2D eigenvalue weighted by Crippen LogP contribution is -2.36. The highest BCUT2D eigenvalue weighted by Gasteiger charge is 2.07. The van der Waals surface area contributed by atoms with Crippen LogP contribution in [0.1, 0.15) is 25.8 Å². The maximum absolute atomic E-state index is 12.0. The molecule has 1 unspecified atom stereocenters. The Kier molecular flexibility index (Phi) is 6.73. The number of benzene rings is 1. The van der Waals surface area contributed by atoms with Crippen molar-refractivity contribution in [2.75, 3.05) is 6.61 Å². The van der Waals surface area contributed by atoms with Crippen LogP contribution in [-0.4, -0.2) is 30.4 Å². The maximum Gasteiger partial charge on any atom is 0.387 e. The highest BCUT2D eigenvalue weighted by atomic mass is 19.3. The molecule has 2 atom stereocenters. The predicted octanol–water partition coefficient (Wildman–Crippen LogP) is 2.58. The summed E-state index contributed by atoms with van der Waals surface area (Å²) >= 11 is 0. The summed E-state index contributed by atoms with van der Waals surface area (Å²) in [4.78, 5) is 0. The molecule has 19 heavy (non-hydrogen) atoms. The Morgan fingerprint density at radius 2 is 1.79 bits per heavy atom. The number of hydrogen-bond acceptors (Lipinski definition) is 3. The van der Waals surface area contributed by atoms with Crippen molar-refractivity contribution in [3.63, 3.8) is 0 Å². The van der Waals surface area contributed by atoms with Crippen molar-refractivity contribution in [1.82, 2.24) is 5.32 Å². The molecule has 0 aliphatic rings. The smallest absolute Gasteiger partial charge is 0.387 e. The van der Waals surface area contributed by atoms with Crippen LogP contribution in [0.3, 0.4) is 0 Å². The van der Waals surface area contributed by atoms with Crippen LogP contribution >= 0.6 is 0 Å². The number of hydrogen-bond donors (Lipinski definition) is 2. The van der Waals surface area contributed by atoms with Crippen LogP contribution in [0.15, 0.2) is 24.3 Å². The minimum Gasteiger partial charge on any atom is -0.435 e. The van der Waals surface area contributed by atoms with Crippen LogP contribution in [0.5, 0.6) is 5.75 Å². The van der Waals surface area contributed by atoms with Gasteiger partial charge in [0.25, 0.3) is 0 Å². The first-order valence-corrected chi connectivity index (χ1v) is 6.42. The second-order valence-corrected chi connectivity index (χ2v) is 4.71. The molecule has 0 aliphatic heterocycles. The van der Waals surface area contributed by atoms with Gasteiger partial charge < -0.3 is 15.2 Å². The molecule has 2 N–H and O–H groups in total. The molecule has 1 aromatic rings. The average molecular weight is 273 g/mol. The van der Waals surface area contributed by atoms with Gasteiger partial charge in [0.1, 0.15) is 5.75 Å². The topological polar surface area (TPSA) is 41.5 Å². The molecule has 1 aromatic carbocycles. The normalized spacial score (nSPS) is 14.4. The Labute approximate surface area is 112 Å². The van der Waals surface area contributed by atoms with Gasteiger partial charge in [-0.25, -0.2) is 0 Å². The van der Waals surface area contributed by atoms with Gasteiger partial charge in [-0.1, -0.05) is 12.1 Å². The fraction of sp³-hybridized carbons (Fsp3) is 0.571. The van der Waals surface area contributed by atoms with E-state index >= 15 is 0 Å². The average Bonchev–Trinajstić information content (AvgIpc) is 2.37. The molecule has 0 saturated heterocycles. The Hall–Kier alpha value is -1.20. The molecule has 0 radical (unpaired) electrons. The number of aliphatic hydroxyl groups excluding tert-OH is 1. The Morgan fingerprint density at radius 3 is 2.32 bits per heavy atom. The first-order chi connectivity index (χ1) is 9.01. The number of ether oxygens (including phenoxy) is 1. The van der Waals surface area contributed by atoms with Gasteiger partial charge in [-0.2, -0.15) is 8.78 Å². The number of rotatable bonds is 8. The Balaban J connectivity index is 2.37. The van der Waals surface area contributed by atoms with Gasteiger partial charge in [0.2, 0.25) is 0 Å². The van der Waals surface area contributed by atoms with Crippen molar-refractivity contribution in [2.24, 2.45) is 0 Å². The zero-order chi connectivity index (χ0) is 14.3. The lowest BCUT2D eigenvalue weighted by atomic mass is 10.1. The predicted molar refractivity (Wildman–Crippen MR) is 70.5 cm³/mol. The molecule has 0 heterocycles. The van der Waals surface area contributed by atoms with Crippen LogP contribution in [0.25, 0.3) is 0 Å². The molecular weight excluding hydrogens is 252 g/mol. The SMILES string of the molecule is CC(CCc1ccc(OC(F)F)cc1)N[C@H](C)CO. The quantitative estimate of drug-likeness (QED) is 0.765. The maximum atomic E-state index is 12.0. The van der Waals surface area contributed by atoms with E-state index in [1.807, 2.05) is 6.92 Å². The summed E-state index contributed by atoms with van der Waals surface area (Å²) in [5.41, 5.74) is 1.08. The van der Waals surface area contributed by atoms with E-state index < -0.39 is 6.61 Å². The van der Waals surface area contributed by atoms with Gasteiger partial charge in [-0.15, -0.1) is 0 Å². The van der Waals surface area contributed by atoms with E-state index in [9.17, 15) is 8.78 Å². The molecule has 0 aromatic heterocycles. The molecule has 0 bridgehead atoms. The number of halogens is 2. The summed E-state index contributed by atoms with van der Waals surface area (Å²) in [5.74, 6) is 0.179. The van der Waals surface area contributed by atoms with E-state index in [-0.39, 0.29) is 18.4 Å². The molecule has 0 saturated carbocycles. The molecular formula is C14H21F2NO2. The molecule has 3 nitrogen and oxygen atoms in total. The fourth-order valence-corrected chi connectivity index (χ4v) is 1.84. The Morgan fingerprint density at radius 1 is 1.16 bits per heavy atom. The van der Waals surface area contributed by atoms with Crippen molar-refractivity contribution in [3.8, 4) is 5.75 Å². The number of aliphatic hydroxyl groups is 1. The van der Waals surface area contributed by atoms with Crippen LogP contribution in [0.2, 0.25) is 0 Å². The first kappa shape index (κ1) is 15.9. The van der Waals surface area contributed by atoms with E-state index in [2.05, 4.69) is 17.0 Å². The number of nitrogens with one attached hydrogen (secondary N) is 1. The largest absolute Gasteiger partial charge is 0.435 e. The summed E-state index contributed by atoms with van der Waals surface area (Å²) in [6.07, 6.45) is 1.76. The van der Waals surface area contributed by atoms with Crippen LogP contribution in [-0.2, 0) is 6.42 Å². The highest BCUT2D eigenvalue weighted by molar-refractivity contribution is 5.27. The van der Waals surface area contributed by atoms with Crippen molar-refractivity contribution in [3.05, 3.63) is 29.8 Å². The van der Waals surface area contributed by atoms with Crippen LogP contribution in [0.4, 0.5) is 8.78 Å². The fourth-order valence-electron chi connectivity index (χ4n) is 1.84. The third-order valence-electron chi connectivity index (χ3n) is 2.86. The highest BCUT2D eigenvalue weighted by Crippen LogP contribution is 2.16. The van der Waals surface area contributed by atoms with E-state index in [0.29, 0.717) is 6.04 Å². The summed E-state index contributed by atoms with van der Waals surface area (Å²) in [6.45, 7) is 1.31. The number of alkyl halides is 2. The van der Waals surface area contributed by atoms with Gasteiger partial charge >= 0.3 is 6.61 Å². The van der Waals surface area contributed by atoms with Gasteiger partial charge in [0.05, 0.1) is 6.61 Å². The lowest BCUT2D eigenvalue weighted by Gasteiger charge is -2.18. The second kappa shape index (κ2) is 8.07. The molecule has 0 amide bonds. The van der Waals surface area contributed by atoms with E-state index in [1.165, 1.54) is 0 Å². The third kappa shape index (κ3) is 6.50. The first-order valence-electron chi connectivity index (χ1n) is 6.42. The van der Waals surface area contributed by atoms with E-state index in [4.69, 9.17) is 5.11 Å². The lowest BCUT2D eigenvalue weighted by molar-refractivity contribution is -0.0498. The zero-order valence-electron chi connectivity index (χ0n) is 11.3. The standard InChI is InChI=1S/C14H21F2NO2/c1-10(17-11(2)9-18)3-4-12-5-7-13(8-6-12)19-14(15)16/h5-8,10-11,14,17-18H,3-4,9H2,1-2H3/t10?,11-/m1/s1. The van der Waals surface area contributed by atoms with Crippen LogP contribution < -0.4 is 10.1 Å². The molecule has 0 fully saturated rings.